The summed E-state index contributed by atoms with van der Waals surface area (Å²) >= 11 is 0. The van der Waals surface area contributed by atoms with Gasteiger partial charge in [-0.25, -0.2) is 0 Å². The zero-order valence-corrected chi connectivity index (χ0v) is 19.1. The summed E-state index contributed by atoms with van der Waals surface area (Å²) in [5.41, 5.74) is 0.386. The van der Waals surface area contributed by atoms with Gasteiger partial charge < -0.3 is 9.47 Å². The summed E-state index contributed by atoms with van der Waals surface area (Å²) in [4.78, 5) is 35.5. The van der Waals surface area contributed by atoms with Gasteiger partial charge in [0.2, 0.25) is 0 Å². The lowest BCUT2D eigenvalue weighted by Gasteiger charge is -2.61. The van der Waals surface area contributed by atoms with Crippen molar-refractivity contribution >= 4 is 17.7 Å². The van der Waals surface area contributed by atoms with Gasteiger partial charge in [0.15, 0.2) is 5.78 Å². The summed E-state index contributed by atoms with van der Waals surface area (Å²) in [5, 5.41) is 0. The van der Waals surface area contributed by atoms with E-state index in [0.29, 0.717) is 23.2 Å². The van der Waals surface area contributed by atoms with Crippen LogP contribution in [0, 0.1) is 40.4 Å². The average molecular weight is 419 g/mol. The minimum absolute atomic E-state index is 0.0352. The second-order valence-electron chi connectivity index (χ2n) is 11.1. The maximum Gasteiger partial charge on any atom is 0.303 e. The molecule has 4 aliphatic carbocycles. The topological polar surface area (TPSA) is 69.7 Å². The largest absolute Gasteiger partial charge is 0.463 e. The Morgan fingerprint density at radius 2 is 1.53 bits per heavy atom. The van der Waals surface area contributed by atoms with Gasteiger partial charge in [-0.05, 0) is 92.3 Å². The highest BCUT2D eigenvalue weighted by atomic mass is 16.5. The van der Waals surface area contributed by atoms with Gasteiger partial charge in [-0.2, -0.15) is 0 Å². The van der Waals surface area contributed by atoms with E-state index in [0.717, 1.165) is 44.4 Å². The van der Waals surface area contributed by atoms with Gasteiger partial charge in [-0.3, -0.25) is 14.4 Å². The highest BCUT2D eigenvalue weighted by molar-refractivity contribution is 5.85. The van der Waals surface area contributed by atoms with E-state index >= 15 is 0 Å². The van der Waals surface area contributed by atoms with Crippen molar-refractivity contribution in [3.05, 3.63) is 0 Å². The van der Waals surface area contributed by atoms with E-state index in [9.17, 15) is 14.4 Å². The minimum atomic E-state index is -0.373. The number of ketones is 1. The first-order chi connectivity index (χ1) is 14.1. The molecule has 0 aromatic heterocycles. The quantitative estimate of drug-likeness (QED) is 0.619. The number of fused-ring (bicyclic) bond motifs is 5. The first kappa shape index (κ1) is 21.8. The Kier molecular flexibility index (Phi) is 5.78. The fourth-order valence-electron chi connectivity index (χ4n) is 8.36. The average Bonchev–Trinajstić information content (AvgIpc) is 3.03. The number of hydrogen-bond donors (Lipinski definition) is 0. The number of carbonyl (C=O) groups excluding carboxylic acids is 3. The molecule has 168 valence electrons. The van der Waals surface area contributed by atoms with Gasteiger partial charge in [0.1, 0.15) is 12.7 Å². The molecule has 0 heterocycles. The number of hydrogen-bond acceptors (Lipinski definition) is 5. The zero-order valence-electron chi connectivity index (χ0n) is 19.1. The molecular weight excluding hydrogens is 380 g/mol. The first-order valence-corrected chi connectivity index (χ1v) is 12.0. The molecular formula is C25H38O5. The van der Waals surface area contributed by atoms with Crippen LogP contribution in [0.15, 0.2) is 0 Å². The van der Waals surface area contributed by atoms with E-state index in [4.69, 9.17) is 9.47 Å². The van der Waals surface area contributed by atoms with E-state index in [2.05, 4.69) is 13.8 Å². The van der Waals surface area contributed by atoms with Gasteiger partial charge in [0, 0.05) is 19.8 Å². The van der Waals surface area contributed by atoms with Crippen molar-refractivity contribution in [3.8, 4) is 0 Å². The molecule has 0 N–H and O–H groups in total. The molecule has 0 bridgehead atoms. The third kappa shape index (κ3) is 3.60. The molecule has 0 spiro atoms. The van der Waals surface area contributed by atoms with Crippen molar-refractivity contribution in [2.45, 2.75) is 91.6 Å². The summed E-state index contributed by atoms with van der Waals surface area (Å²) in [6.07, 6.45) is 10.1. The number of rotatable bonds is 4. The summed E-state index contributed by atoms with van der Waals surface area (Å²) in [5.74, 6) is 2.29. The summed E-state index contributed by atoms with van der Waals surface area (Å²) < 4.78 is 10.6. The molecule has 0 aliphatic heterocycles. The van der Waals surface area contributed by atoms with Crippen LogP contribution in [0.5, 0.6) is 0 Å². The van der Waals surface area contributed by atoms with Gasteiger partial charge >= 0.3 is 11.9 Å². The third-order valence-corrected chi connectivity index (χ3v) is 9.76. The molecule has 8 atom stereocenters. The van der Waals surface area contributed by atoms with Crippen LogP contribution in [-0.2, 0) is 23.9 Å². The van der Waals surface area contributed by atoms with Gasteiger partial charge in [0.25, 0.3) is 0 Å². The van der Waals surface area contributed by atoms with Crippen LogP contribution in [0.1, 0.15) is 85.5 Å². The number of ether oxygens (including phenoxy) is 2. The summed E-state index contributed by atoms with van der Waals surface area (Å²) in [6, 6.07) is 0. The van der Waals surface area contributed by atoms with E-state index < -0.39 is 0 Å². The number of carbonyl (C=O) groups is 3. The molecule has 5 heteroatoms. The monoisotopic (exact) mass is 418 g/mol. The molecule has 0 radical (unpaired) electrons. The zero-order chi connectivity index (χ0) is 21.7. The lowest BCUT2D eigenvalue weighted by atomic mass is 9.44. The normalized spacial score (nSPS) is 44.9. The van der Waals surface area contributed by atoms with E-state index in [1.807, 2.05) is 0 Å². The standard InChI is InChI=1S/C25H38O5/c1-15(26)29-14-23(28)22-8-7-20-19-6-5-17-13-18(30-16(2)27)9-11-24(17,3)21(19)10-12-25(20,22)4/h17-22H,5-14H2,1-4H3/t17-,18+,19-,20+,21-,22-,24-,25+/m0/s1. The highest BCUT2D eigenvalue weighted by Crippen LogP contribution is 2.67. The predicted octanol–water partition coefficient (Wildman–Crippen LogP) is 4.71. The molecule has 4 rings (SSSR count). The SMILES string of the molecule is CC(=O)OCC(=O)[C@@H]1CC[C@@H]2[C@@H]3CC[C@H]4C[C@H](OC(C)=O)CC[C@]4(C)[C@H]3CC[C@]21C. The van der Waals surface area contributed by atoms with Crippen LogP contribution in [0.3, 0.4) is 0 Å². The van der Waals surface area contributed by atoms with Crippen LogP contribution < -0.4 is 0 Å². The van der Waals surface area contributed by atoms with Crippen molar-refractivity contribution in [2.24, 2.45) is 40.4 Å². The van der Waals surface area contributed by atoms with Crippen LogP contribution in [0.2, 0.25) is 0 Å². The smallest absolute Gasteiger partial charge is 0.303 e. The molecule has 0 aromatic rings. The van der Waals surface area contributed by atoms with Crippen LogP contribution in [0.4, 0.5) is 0 Å². The molecule has 0 saturated heterocycles. The van der Waals surface area contributed by atoms with Gasteiger partial charge in [0.05, 0.1) is 0 Å². The number of Topliss-reactive ketones (excluding diaryl/α,β-unsaturated/α-hetero) is 1. The second kappa shape index (κ2) is 7.94. The Morgan fingerprint density at radius 3 is 2.23 bits per heavy atom. The summed E-state index contributed by atoms with van der Waals surface area (Å²) in [6.45, 7) is 7.66. The summed E-state index contributed by atoms with van der Waals surface area (Å²) in [7, 11) is 0. The lowest BCUT2D eigenvalue weighted by Crippen LogP contribution is -2.54. The van der Waals surface area contributed by atoms with Crippen molar-refractivity contribution in [1.82, 2.24) is 0 Å². The molecule has 4 aliphatic rings. The van der Waals surface area contributed by atoms with Crippen molar-refractivity contribution < 1.29 is 23.9 Å². The van der Waals surface area contributed by atoms with Crippen LogP contribution in [0.25, 0.3) is 0 Å². The maximum absolute atomic E-state index is 12.9. The maximum atomic E-state index is 12.9. The highest BCUT2D eigenvalue weighted by Gasteiger charge is 2.61. The second-order valence-corrected chi connectivity index (χ2v) is 11.1. The van der Waals surface area contributed by atoms with Crippen LogP contribution >= 0.6 is 0 Å². The fourth-order valence-corrected chi connectivity index (χ4v) is 8.36. The molecule has 30 heavy (non-hydrogen) atoms. The van der Waals surface area contributed by atoms with Crippen molar-refractivity contribution in [1.29, 1.82) is 0 Å². The molecule has 0 amide bonds. The Morgan fingerprint density at radius 1 is 0.833 bits per heavy atom. The molecule has 0 unspecified atom stereocenters. The van der Waals surface area contributed by atoms with Crippen molar-refractivity contribution in [3.63, 3.8) is 0 Å². The predicted molar refractivity (Wildman–Crippen MR) is 112 cm³/mol. The Bertz CT molecular complexity index is 716. The third-order valence-electron chi connectivity index (χ3n) is 9.76. The Hall–Kier alpha value is -1.39. The van der Waals surface area contributed by atoms with E-state index in [-0.39, 0.29) is 41.8 Å². The molecule has 4 saturated carbocycles. The van der Waals surface area contributed by atoms with Gasteiger partial charge in [-0.15, -0.1) is 0 Å². The molecule has 4 fully saturated rings. The fraction of sp³-hybridized carbons (Fsp3) is 0.880. The van der Waals surface area contributed by atoms with Crippen LogP contribution in [-0.4, -0.2) is 30.4 Å². The van der Waals surface area contributed by atoms with E-state index in [1.165, 1.54) is 33.1 Å². The minimum Gasteiger partial charge on any atom is -0.463 e. The van der Waals surface area contributed by atoms with Gasteiger partial charge in [-0.1, -0.05) is 13.8 Å². The van der Waals surface area contributed by atoms with Crippen molar-refractivity contribution in [2.75, 3.05) is 6.61 Å². The Balaban J connectivity index is 1.48. The lowest BCUT2D eigenvalue weighted by molar-refractivity contribution is -0.161. The first-order valence-electron chi connectivity index (χ1n) is 12.0. The molecule has 5 nitrogen and oxygen atoms in total. The number of esters is 2. The molecule has 0 aromatic carbocycles. The Labute approximate surface area is 180 Å². The van der Waals surface area contributed by atoms with E-state index in [1.54, 1.807) is 0 Å².